The van der Waals surface area contributed by atoms with Gasteiger partial charge in [-0.3, -0.25) is 0 Å². The van der Waals surface area contributed by atoms with Gasteiger partial charge in [0.1, 0.15) is 0 Å². The highest BCUT2D eigenvalue weighted by Crippen LogP contribution is 1.87. The third-order valence-electron chi connectivity index (χ3n) is 0.465. The molecule has 0 fully saturated rings. The average Bonchev–Trinajstić information content (AvgIpc) is 1.68. The van der Waals surface area contributed by atoms with Gasteiger partial charge in [-0.05, 0) is 0 Å². The largest absolute Gasteiger partial charge is 0.220 e. The highest BCUT2D eigenvalue weighted by Gasteiger charge is 1.90. The van der Waals surface area contributed by atoms with Crippen LogP contribution in [-0.2, 0) is 9.84 Å². The molecule has 0 amide bonds. The van der Waals surface area contributed by atoms with Gasteiger partial charge in [0.25, 0.3) is 0 Å². The van der Waals surface area contributed by atoms with Crippen molar-refractivity contribution in [1.82, 2.24) is 0 Å². The Kier molecular flexibility index (Phi) is 4.80. The molecule has 44 valence electrons. The van der Waals surface area contributed by atoms with Crippen molar-refractivity contribution in [3.63, 3.8) is 0 Å². The summed E-state index contributed by atoms with van der Waals surface area (Å²) in [6.45, 7) is 6.09. The van der Waals surface area contributed by atoms with E-state index in [-0.39, 0.29) is 11.0 Å². The molecular weight excluding hydrogens is 140 g/mol. The SMILES string of the molecule is C=CS(=O)(=O)C=C.[Si]. The van der Waals surface area contributed by atoms with Gasteiger partial charge in [0.05, 0.1) is 0 Å². The van der Waals surface area contributed by atoms with Gasteiger partial charge in [-0.2, -0.15) is 0 Å². The van der Waals surface area contributed by atoms with Crippen LogP contribution in [0.15, 0.2) is 24.0 Å². The first-order chi connectivity index (χ1) is 3.12. The van der Waals surface area contributed by atoms with Crippen LogP contribution in [0.5, 0.6) is 0 Å². The molecule has 0 aromatic carbocycles. The molecule has 8 heavy (non-hydrogen) atoms. The molecule has 2 nitrogen and oxygen atoms in total. The molecule has 0 atom stereocenters. The summed E-state index contributed by atoms with van der Waals surface area (Å²) < 4.78 is 20.3. The molecule has 4 radical (unpaired) electrons. The Morgan fingerprint density at radius 3 is 1.38 bits per heavy atom. The zero-order valence-corrected chi connectivity index (χ0v) is 6.11. The van der Waals surface area contributed by atoms with Crippen LogP contribution in [0.25, 0.3) is 0 Å². The lowest BCUT2D eigenvalue weighted by atomic mass is 11.3. The maximum atomic E-state index is 10.1. The summed E-state index contributed by atoms with van der Waals surface area (Å²) in [6.07, 6.45) is 0. The summed E-state index contributed by atoms with van der Waals surface area (Å²) in [5.74, 6) is 0. The molecule has 0 aliphatic heterocycles. The van der Waals surface area contributed by atoms with Crippen LogP contribution in [0, 0.1) is 0 Å². The van der Waals surface area contributed by atoms with Crippen LogP contribution in [0.3, 0.4) is 0 Å². The first-order valence-electron chi connectivity index (χ1n) is 1.62. The second kappa shape index (κ2) is 3.62. The fourth-order valence-electron chi connectivity index (χ4n) is 0.0680. The van der Waals surface area contributed by atoms with E-state index in [1.54, 1.807) is 0 Å². The van der Waals surface area contributed by atoms with Crippen molar-refractivity contribution >= 4 is 20.8 Å². The van der Waals surface area contributed by atoms with Crippen molar-refractivity contribution in [3.05, 3.63) is 24.0 Å². The average molecular weight is 146 g/mol. The molecule has 0 N–H and O–H groups in total. The molecule has 0 unspecified atom stereocenters. The molecule has 0 aliphatic rings. The normalized spacial score (nSPS) is 9.00. The van der Waals surface area contributed by atoms with Crippen molar-refractivity contribution in [2.45, 2.75) is 0 Å². The van der Waals surface area contributed by atoms with Gasteiger partial charge in [0.15, 0.2) is 9.84 Å². The number of sulfone groups is 1. The summed E-state index contributed by atoms with van der Waals surface area (Å²) >= 11 is 0. The highest BCUT2D eigenvalue weighted by molar-refractivity contribution is 7.97. The van der Waals surface area contributed by atoms with E-state index in [1.807, 2.05) is 0 Å². The van der Waals surface area contributed by atoms with Crippen molar-refractivity contribution in [3.8, 4) is 0 Å². The Hall–Kier alpha value is -0.353. The Balaban J connectivity index is 0. The molecule has 0 aliphatic carbocycles. The van der Waals surface area contributed by atoms with E-state index in [0.29, 0.717) is 0 Å². The molecule has 0 bridgehead atoms. The molecular formula is C4H6O2SSi. The quantitative estimate of drug-likeness (QED) is 0.525. The van der Waals surface area contributed by atoms with Gasteiger partial charge in [-0.25, -0.2) is 8.42 Å². The molecule has 0 aromatic heterocycles. The number of hydrogen-bond acceptors (Lipinski definition) is 2. The van der Waals surface area contributed by atoms with Gasteiger partial charge < -0.3 is 0 Å². The van der Waals surface area contributed by atoms with Gasteiger partial charge in [-0.1, -0.05) is 13.2 Å². The Morgan fingerprint density at radius 2 is 1.38 bits per heavy atom. The Morgan fingerprint density at radius 1 is 1.12 bits per heavy atom. The minimum Gasteiger partial charge on any atom is -0.220 e. The Labute approximate surface area is 53.9 Å². The van der Waals surface area contributed by atoms with E-state index in [2.05, 4.69) is 13.2 Å². The number of rotatable bonds is 2. The van der Waals surface area contributed by atoms with Crippen molar-refractivity contribution in [2.75, 3.05) is 0 Å². The van der Waals surface area contributed by atoms with Crippen LogP contribution in [0.1, 0.15) is 0 Å². The predicted octanol–water partition coefficient (Wildman–Crippen LogP) is 0.307. The molecule has 0 saturated heterocycles. The second-order valence-corrected chi connectivity index (χ2v) is 2.77. The molecule has 0 heterocycles. The van der Waals surface area contributed by atoms with Gasteiger partial charge in [-0.15, -0.1) is 0 Å². The summed E-state index contributed by atoms with van der Waals surface area (Å²) in [5.41, 5.74) is 0. The van der Waals surface area contributed by atoms with Crippen LogP contribution in [0.4, 0.5) is 0 Å². The summed E-state index contributed by atoms with van der Waals surface area (Å²) in [5, 5.41) is 1.69. The Bertz CT molecular complexity index is 154. The van der Waals surface area contributed by atoms with Gasteiger partial charge in [0.2, 0.25) is 0 Å². The number of hydrogen-bond donors (Lipinski definition) is 0. The molecule has 0 saturated carbocycles. The minimum atomic E-state index is -3.13. The van der Waals surface area contributed by atoms with E-state index in [1.165, 1.54) is 0 Å². The topological polar surface area (TPSA) is 34.1 Å². The lowest BCUT2D eigenvalue weighted by Gasteiger charge is -1.78. The lowest BCUT2D eigenvalue weighted by Crippen LogP contribution is -1.83. The first kappa shape index (κ1) is 10.6. The van der Waals surface area contributed by atoms with Crippen LogP contribution in [0.2, 0.25) is 0 Å². The van der Waals surface area contributed by atoms with E-state index >= 15 is 0 Å². The molecule has 0 spiro atoms. The molecule has 4 heteroatoms. The predicted molar refractivity (Wildman–Crippen MR) is 35.1 cm³/mol. The zero-order valence-electron chi connectivity index (χ0n) is 4.29. The van der Waals surface area contributed by atoms with Crippen molar-refractivity contribution in [1.29, 1.82) is 0 Å². The minimum absolute atomic E-state index is 0. The van der Waals surface area contributed by atoms with Gasteiger partial charge >= 0.3 is 0 Å². The van der Waals surface area contributed by atoms with E-state index in [9.17, 15) is 8.42 Å². The van der Waals surface area contributed by atoms with E-state index in [0.717, 1.165) is 10.8 Å². The van der Waals surface area contributed by atoms with E-state index < -0.39 is 9.84 Å². The third-order valence-corrected chi connectivity index (χ3v) is 1.39. The van der Waals surface area contributed by atoms with Crippen LogP contribution >= 0.6 is 0 Å². The van der Waals surface area contributed by atoms with Crippen LogP contribution in [-0.4, -0.2) is 19.4 Å². The smallest absolute Gasteiger partial charge is 0.191 e. The first-order valence-corrected chi connectivity index (χ1v) is 3.23. The maximum Gasteiger partial charge on any atom is 0.191 e. The molecule has 0 rings (SSSR count). The van der Waals surface area contributed by atoms with Crippen molar-refractivity contribution in [2.24, 2.45) is 0 Å². The summed E-state index contributed by atoms with van der Waals surface area (Å²) in [4.78, 5) is 0. The fraction of sp³-hybridized carbons (Fsp3) is 0. The van der Waals surface area contributed by atoms with E-state index in [4.69, 9.17) is 0 Å². The van der Waals surface area contributed by atoms with Crippen molar-refractivity contribution < 1.29 is 8.42 Å². The summed E-state index contributed by atoms with van der Waals surface area (Å²) in [6, 6.07) is 0. The third kappa shape index (κ3) is 3.82. The standard InChI is InChI=1S/C4H6O2S.Si/c1-3-7(5,6)4-2;/h3-4H,1-2H2;. The zero-order chi connectivity index (χ0) is 5.91. The van der Waals surface area contributed by atoms with Gasteiger partial charge in [0, 0.05) is 21.8 Å². The summed E-state index contributed by atoms with van der Waals surface area (Å²) in [7, 11) is -3.13. The monoisotopic (exact) mass is 146 g/mol. The lowest BCUT2D eigenvalue weighted by molar-refractivity contribution is 0.613. The fourth-order valence-corrected chi connectivity index (χ4v) is 0.204. The second-order valence-electron chi connectivity index (χ2n) is 0.922. The maximum absolute atomic E-state index is 10.1. The highest BCUT2D eigenvalue weighted by atomic mass is 32.2. The van der Waals surface area contributed by atoms with Crippen LogP contribution < -0.4 is 0 Å². The molecule has 0 aromatic rings.